The molecular weight excluding hydrogens is 449 g/mol. The third kappa shape index (κ3) is 6.29. The summed E-state index contributed by atoms with van der Waals surface area (Å²) in [7, 11) is 1.61. The summed E-state index contributed by atoms with van der Waals surface area (Å²) in [6, 6.07) is 11.2. The molecule has 3 rings (SSSR count). The van der Waals surface area contributed by atoms with Gasteiger partial charge in [0.1, 0.15) is 0 Å². The van der Waals surface area contributed by atoms with Crippen molar-refractivity contribution < 1.29 is 9.13 Å². The zero-order chi connectivity index (χ0) is 24.0. The van der Waals surface area contributed by atoms with E-state index in [1.165, 1.54) is 16.7 Å². The Morgan fingerprint density at radius 2 is 1.91 bits per heavy atom. The lowest BCUT2D eigenvalue weighted by Crippen LogP contribution is -2.42. The van der Waals surface area contributed by atoms with Crippen LogP contribution >= 0.6 is 11.6 Å². The molecule has 0 spiro atoms. The minimum absolute atomic E-state index is 0.00251. The van der Waals surface area contributed by atoms with E-state index < -0.39 is 17.2 Å². The third-order valence-corrected chi connectivity index (χ3v) is 4.87. The fourth-order valence-electron chi connectivity index (χ4n) is 3.10. The summed E-state index contributed by atoms with van der Waals surface area (Å²) in [6.45, 7) is 3.86. The Balaban J connectivity index is 2.02. The highest BCUT2D eigenvalue weighted by Crippen LogP contribution is 2.24. The molecule has 0 radical (unpaired) electrons. The third-order valence-electron chi connectivity index (χ3n) is 4.62. The van der Waals surface area contributed by atoms with E-state index in [4.69, 9.17) is 16.3 Å². The molecule has 0 aliphatic heterocycles. The number of hydrogen-bond acceptors (Lipinski definition) is 6. The van der Waals surface area contributed by atoms with Crippen molar-refractivity contribution in [3.63, 3.8) is 0 Å². The Morgan fingerprint density at radius 3 is 2.55 bits per heavy atom. The smallest absolute Gasteiger partial charge is 0.354 e. The van der Waals surface area contributed by atoms with E-state index in [9.17, 15) is 14.0 Å². The first-order chi connectivity index (χ1) is 15.8. The summed E-state index contributed by atoms with van der Waals surface area (Å²) in [5.74, 6) is -0.472. The van der Waals surface area contributed by atoms with Gasteiger partial charge in [0.05, 0.1) is 12.6 Å². The molecule has 0 aliphatic rings. The van der Waals surface area contributed by atoms with Gasteiger partial charge in [-0.05, 0) is 43.7 Å². The van der Waals surface area contributed by atoms with Crippen LogP contribution in [0.4, 0.5) is 16.0 Å². The molecule has 1 heterocycles. The van der Waals surface area contributed by atoms with E-state index in [1.54, 1.807) is 57.4 Å². The maximum absolute atomic E-state index is 14.4. The van der Waals surface area contributed by atoms with Crippen LogP contribution in [-0.4, -0.2) is 33.5 Å². The molecule has 33 heavy (non-hydrogen) atoms. The van der Waals surface area contributed by atoms with Gasteiger partial charge in [0.15, 0.2) is 11.6 Å². The van der Waals surface area contributed by atoms with Crippen molar-refractivity contribution >= 4 is 29.5 Å². The average molecular weight is 474 g/mol. The highest BCUT2D eigenvalue weighted by Gasteiger charge is 2.15. The molecule has 0 saturated carbocycles. The molecule has 0 amide bonds. The second-order valence-corrected chi connectivity index (χ2v) is 7.97. The molecule has 0 atom stereocenters. The first-order valence-electron chi connectivity index (χ1n) is 10.4. The number of nitrogens with zero attached hydrogens (tertiary/aromatic N) is 4. The van der Waals surface area contributed by atoms with Crippen molar-refractivity contribution in [1.29, 1.82) is 0 Å². The quantitative estimate of drug-likeness (QED) is 0.476. The van der Waals surface area contributed by atoms with E-state index in [1.807, 2.05) is 0 Å². The molecule has 3 aromatic rings. The predicted molar refractivity (Wildman–Crippen MR) is 128 cm³/mol. The second kappa shape index (κ2) is 10.9. The van der Waals surface area contributed by atoms with Crippen LogP contribution in [0.1, 0.15) is 25.8 Å². The monoisotopic (exact) mass is 473 g/mol. The van der Waals surface area contributed by atoms with Crippen molar-refractivity contribution in [3.05, 3.63) is 79.8 Å². The predicted octanol–water partition coefficient (Wildman–Crippen LogP) is 3.87. The molecule has 2 aromatic carbocycles. The van der Waals surface area contributed by atoms with Gasteiger partial charge in [-0.3, -0.25) is 4.57 Å². The van der Waals surface area contributed by atoms with Crippen LogP contribution in [0.3, 0.4) is 0 Å². The summed E-state index contributed by atoms with van der Waals surface area (Å²) in [5.41, 5.74) is -0.161. The number of nitrogens with one attached hydrogen (secondary N) is 1. The maximum Gasteiger partial charge on any atom is 0.354 e. The van der Waals surface area contributed by atoms with Gasteiger partial charge in [-0.15, -0.1) is 0 Å². The Morgan fingerprint density at radius 1 is 1.18 bits per heavy atom. The molecule has 0 unspecified atom stereocenters. The van der Waals surface area contributed by atoms with Crippen LogP contribution in [0.5, 0.6) is 5.75 Å². The van der Waals surface area contributed by atoms with Crippen LogP contribution in [0.2, 0.25) is 5.02 Å². The number of rotatable bonds is 9. The van der Waals surface area contributed by atoms with Gasteiger partial charge in [-0.2, -0.15) is 4.98 Å². The summed E-state index contributed by atoms with van der Waals surface area (Å²) in [6.07, 6.45) is 1.84. The summed E-state index contributed by atoms with van der Waals surface area (Å²) < 4.78 is 22.2. The topological polar surface area (TPSA) is 90.5 Å². The molecule has 0 saturated heterocycles. The SMILES string of the molecule is CN=CCCn1c(=O)nc(Nc2ccc(OC(C)C)c(F)c2)n(Cc2ccc(Cl)cc2)c1=O. The van der Waals surface area contributed by atoms with Gasteiger partial charge in [0.2, 0.25) is 5.95 Å². The minimum Gasteiger partial charge on any atom is -0.488 e. The van der Waals surface area contributed by atoms with Gasteiger partial charge >= 0.3 is 11.4 Å². The van der Waals surface area contributed by atoms with Gasteiger partial charge in [-0.1, -0.05) is 23.7 Å². The van der Waals surface area contributed by atoms with E-state index >= 15 is 0 Å². The number of aromatic nitrogens is 3. The molecule has 0 bridgehead atoms. The lowest BCUT2D eigenvalue weighted by molar-refractivity contribution is 0.231. The van der Waals surface area contributed by atoms with E-state index in [-0.39, 0.29) is 30.9 Å². The first-order valence-corrected chi connectivity index (χ1v) is 10.8. The average Bonchev–Trinajstić information content (AvgIpc) is 2.76. The number of anilines is 2. The molecule has 8 nitrogen and oxygen atoms in total. The van der Waals surface area contributed by atoms with Crippen LogP contribution in [0.15, 0.2) is 57.0 Å². The van der Waals surface area contributed by atoms with Gasteiger partial charge in [-0.25, -0.2) is 18.5 Å². The Hall–Kier alpha value is -3.46. The Bertz CT molecular complexity index is 1250. The molecule has 0 aliphatic carbocycles. The number of halogens is 2. The summed E-state index contributed by atoms with van der Waals surface area (Å²) in [5, 5.41) is 3.45. The summed E-state index contributed by atoms with van der Waals surface area (Å²) in [4.78, 5) is 33.7. The number of ether oxygens (including phenoxy) is 1. The highest BCUT2D eigenvalue weighted by atomic mass is 35.5. The molecule has 1 aromatic heterocycles. The lowest BCUT2D eigenvalue weighted by Gasteiger charge is -2.16. The van der Waals surface area contributed by atoms with Crippen LogP contribution < -0.4 is 21.4 Å². The van der Waals surface area contributed by atoms with E-state index in [0.29, 0.717) is 17.1 Å². The van der Waals surface area contributed by atoms with Crippen molar-refractivity contribution in [1.82, 2.24) is 14.1 Å². The number of benzene rings is 2. The molecule has 1 N–H and O–H groups in total. The fraction of sp³-hybridized carbons (Fsp3) is 0.304. The number of aliphatic imine (C=N–C) groups is 1. The summed E-state index contributed by atoms with van der Waals surface area (Å²) >= 11 is 5.96. The molecule has 10 heteroatoms. The van der Waals surface area contributed by atoms with Crippen molar-refractivity contribution in [2.45, 2.75) is 39.5 Å². The zero-order valence-electron chi connectivity index (χ0n) is 18.6. The maximum atomic E-state index is 14.4. The lowest BCUT2D eigenvalue weighted by atomic mass is 10.2. The van der Waals surface area contributed by atoms with Crippen LogP contribution in [-0.2, 0) is 13.1 Å². The zero-order valence-corrected chi connectivity index (χ0v) is 19.3. The molecule has 0 fully saturated rings. The normalized spacial score (nSPS) is 11.3. The molecule has 174 valence electrons. The Labute approximate surface area is 195 Å². The van der Waals surface area contributed by atoms with Crippen LogP contribution in [0.25, 0.3) is 0 Å². The minimum atomic E-state index is -0.709. The van der Waals surface area contributed by atoms with Crippen LogP contribution in [0, 0.1) is 5.82 Å². The van der Waals surface area contributed by atoms with Crippen molar-refractivity contribution in [2.75, 3.05) is 12.4 Å². The molecular formula is C23H25ClFN5O3. The second-order valence-electron chi connectivity index (χ2n) is 7.53. The van der Waals surface area contributed by atoms with Crippen molar-refractivity contribution in [3.8, 4) is 5.75 Å². The largest absolute Gasteiger partial charge is 0.488 e. The number of hydrogen-bond donors (Lipinski definition) is 1. The first kappa shape index (κ1) is 24.2. The highest BCUT2D eigenvalue weighted by molar-refractivity contribution is 6.30. The fourth-order valence-corrected chi connectivity index (χ4v) is 3.23. The van der Waals surface area contributed by atoms with Gasteiger partial charge in [0, 0.05) is 43.0 Å². The van der Waals surface area contributed by atoms with E-state index in [0.717, 1.165) is 10.1 Å². The Kier molecular flexibility index (Phi) is 8.00. The van der Waals surface area contributed by atoms with Crippen molar-refractivity contribution in [2.24, 2.45) is 4.99 Å². The van der Waals surface area contributed by atoms with Gasteiger partial charge < -0.3 is 15.0 Å². The van der Waals surface area contributed by atoms with E-state index in [2.05, 4.69) is 15.3 Å². The van der Waals surface area contributed by atoms with Gasteiger partial charge in [0.25, 0.3) is 0 Å². The standard InChI is InChI=1S/C23H25ClFN5O3/c1-15(2)33-20-10-9-18(13-19(20)25)27-21-28-22(31)29(12-4-11-26-3)23(32)30(21)14-16-5-7-17(24)8-6-16/h5-11,13,15H,4,12,14H2,1-3H3,(H,27,28,31).